The second-order valence-electron chi connectivity index (χ2n) is 6.30. The predicted molar refractivity (Wildman–Crippen MR) is 116 cm³/mol. The summed E-state index contributed by atoms with van der Waals surface area (Å²) in [5, 5.41) is 4.17. The lowest BCUT2D eigenvalue weighted by molar-refractivity contribution is 0.0962. The Morgan fingerprint density at radius 2 is 1.73 bits per heavy atom. The molecule has 0 atom stereocenters. The number of hydrazine groups is 1. The van der Waals surface area contributed by atoms with Gasteiger partial charge in [-0.1, -0.05) is 18.2 Å². The van der Waals surface area contributed by atoms with Gasteiger partial charge in [0.25, 0.3) is 5.91 Å². The van der Waals surface area contributed by atoms with Gasteiger partial charge in [-0.25, -0.2) is 9.97 Å². The van der Waals surface area contributed by atoms with Crippen LogP contribution in [0.5, 0.6) is 5.75 Å². The van der Waals surface area contributed by atoms with E-state index in [-0.39, 0.29) is 17.4 Å². The number of hydrogen-bond acceptors (Lipinski definition) is 8. The van der Waals surface area contributed by atoms with Gasteiger partial charge in [0.1, 0.15) is 17.8 Å². The van der Waals surface area contributed by atoms with E-state index in [1.807, 2.05) is 30.3 Å². The molecule has 9 heteroatoms. The van der Waals surface area contributed by atoms with E-state index >= 15 is 0 Å². The van der Waals surface area contributed by atoms with E-state index in [1.54, 1.807) is 37.6 Å². The molecule has 0 unspecified atom stereocenters. The zero-order chi connectivity index (χ0) is 20.9. The van der Waals surface area contributed by atoms with E-state index in [1.165, 1.54) is 6.33 Å². The number of methoxy groups -OCH3 is 1. The lowest BCUT2D eigenvalue weighted by Crippen LogP contribution is -2.30. The Balaban J connectivity index is 1.50. The van der Waals surface area contributed by atoms with Gasteiger partial charge in [0.05, 0.1) is 18.3 Å². The molecule has 2 heterocycles. The Hall–Kier alpha value is -4.40. The third kappa shape index (κ3) is 3.90. The van der Waals surface area contributed by atoms with Crippen molar-refractivity contribution in [1.82, 2.24) is 20.4 Å². The van der Waals surface area contributed by atoms with Gasteiger partial charge in [-0.15, -0.1) is 0 Å². The quantitative estimate of drug-likeness (QED) is 0.363. The van der Waals surface area contributed by atoms with Crippen molar-refractivity contribution >= 4 is 39.8 Å². The second kappa shape index (κ2) is 8.31. The molecule has 2 aromatic heterocycles. The van der Waals surface area contributed by atoms with Gasteiger partial charge in [-0.05, 0) is 36.4 Å². The third-order valence-electron chi connectivity index (χ3n) is 4.42. The molecule has 9 nitrogen and oxygen atoms in total. The number of aromatic nitrogens is 3. The molecule has 4 rings (SSSR count). The van der Waals surface area contributed by atoms with E-state index in [2.05, 4.69) is 31.1 Å². The van der Waals surface area contributed by atoms with E-state index in [0.717, 1.165) is 16.6 Å². The van der Waals surface area contributed by atoms with Crippen molar-refractivity contribution in [3.05, 3.63) is 72.7 Å². The molecule has 30 heavy (non-hydrogen) atoms. The molecule has 0 radical (unpaired) electrons. The second-order valence-corrected chi connectivity index (χ2v) is 6.30. The summed E-state index contributed by atoms with van der Waals surface area (Å²) in [5.41, 5.74) is 13.8. The molecule has 0 aliphatic heterocycles. The van der Waals surface area contributed by atoms with Gasteiger partial charge in [0.2, 0.25) is 0 Å². The van der Waals surface area contributed by atoms with Crippen LogP contribution in [0.1, 0.15) is 10.4 Å². The van der Waals surface area contributed by atoms with Crippen molar-refractivity contribution < 1.29 is 9.53 Å². The monoisotopic (exact) mass is 401 g/mol. The number of carbonyl (C=O) groups excluding carboxylic acids is 1. The zero-order valence-corrected chi connectivity index (χ0v) is 16.1. The van der Waals surface area contributed by atoms with Crippen LogP contribution >= 0.6 is 0 Å². The van der Waals surface area contributed by atoms with E-state index in [4.69, 9.17) is 10.5 Å². The smallest absolute Gasteiger partial charge is 0.269 e. The third-order valence-corrected chi connectivity index (χ3v) is 4.42. The van der Waals surface area contributed by atoms with Crippen molar-refractivity contribution in [2.45, 2.75) is 0 Å². The van der Waals surface area contributed by atoms with Crippen LogP contribution < -0.4 is 26.6 Å². The van der Waals surface area contributed by atoms with Gasteiger partial charge in [0.15, 0.2) is 11.6 Å². The molecular weight excluding hydrogens is 382 g/mol. The maximum Gasteiger partial charge on any atom is 0.269 e. The summed E-state index contributed by atoms with van der Waals surface area (Å²) in [6.45, 7) is 0. The number of nitrogens with zero attached hydrogens (tertiary/aromatic N) is 3. The van der Waals surface area contributed by atoms with Gasteiger partial charge in [0, 0.05) is 17.1 Å². The number of nitrogens with two attached hydrogens (primary N) is 1. The van der Waals surface area contributed by atoms with E-state index in [0.29, 0.717) is 17.1 Å². The van der Waals surface area contributed by atoms with Gasteiger partial charge in [-0.3, -0.25) is 20.6 Å². The highest BCUT2D eigenvalue weighted by molar-refractivity contribution is 5.96. The molecule has 0 aliphatic carbocycles. The lowest BCUT2D eigenvalue weighted by Gasteiger charge is -2.14. The summed E-state index contributed by atoms with van der Waals surface area (Å²) >= 11 is 0. The highest BCUT2D eigenvalue weighted by Crippen LogP contribution is 2.28. The number of anilines is 4. The van der Waals surface area contributed by atoms with Crippen LogP contribution in [-0.4, -0.2) is 28.0 Å². The fourth-order valence-corrected chi connectivity index (χ4v) is 2.86. The van der Waals surface area contributed by atoms with E-state index in [9.17, 15) is 4.79 Å². The van der Waals surface area contributed by atoms with Gasteiger partial charge in [-0.2, -0.15) is 0 Å². The molecule has 0 saturated heterocycles. The summed E-state index contributed by atoms with van der Waals surface area (Å²) in [6, 6.07) is 16.3. The van der Waals surface area contributed by atoms with Gasteiger partial charge >= 0.3 is 0 Å². The number of fused-ring (bicyclic) bond motifs is 1. The maximum absolute atomic E-state index is 12.3. The minimum absolute atomic E-state index is 0.250. The number of para-hydroxylation sites is 1. The average molecular weight is 401 g/mol. The molecule has 4 aromatic rings. The Kier molecular flexibility index (Phi) is 5.25. The van der Waals surface area contributed by atoms with Crippen molar-refractivity contribution in [3.8, 4) is 5.75 Å². The number of carbonyl (C=O) groups is 1. The summed E-state index contributed by atoms with van der Waals surface area (Å²) in [4.78, 5) is 25.0. The molecule has 0 fully saturated rings. The highest BCUT2D eigenvalue weighted by Gasteiger charge is 2.12. The molecule has 2 aromatic carbocycles. The molecule has 5 N–H and O–H groups in total. The van der Waals surface area contributed by atoms with Crippen molar-refractivity contribution in [2.24, 2.45) is 0 Å². The molecule has 0 saturated carbocycles. The van der Waals surface area contributed by atoms with Crippen LogP contribution in [0, 0.1) is 0 Å². The first-order valence-electron chi connectivity index (χ1n) is 9.07. The summed E-state index contributed by atoms with van der Waals surface area (Å²) in [7, 11) is 1.56. The summed E-state index contributed by atoms with van der Waals surface area (Å²) in [5.74, 6) is 0.980. The van der Waals surface area contributed by atoms with Crippen LogP contribution in [0.2, 0.25) is 0 Å². The Morgan fingerprint density at radius 1 is 0.967 bits per heavy atom. The van der Waals surface area contributed by atoms with Gasteiger partial charge < -0.3 is 15.8 Å². The molecular formula is C21H19N7O2. The number of pyridine rings is 1. The molecule has 0 spiro atoms. The van der Waals surface area contributed by atoms with Crippen LogP contribution in [-0.2, 0) is 0 Å². The number of hydrogen-bond donors (Lipinski definition) is 4. The first kappa shape index (κ1) is 18.9. The topological polar surface area (TPSA) is 127 Å². The van der Waals surface area contributed by atoms with E-state index < -0.39 is 0 Å². The van der Waals surface area contributed by atoms with Crippen molar-refractivity contribution in [3.63, 3.8) is 0 Å². The average Bonchev–Trinajstić information content (AvgIpc) is 2.79. The number of benzene rings is 2. The molecule has 1 amide bonds. The normalized spacial score (nSPS) is 10.4. The number of nitrogen functional groups attached to an aromatic ring is 1. The number of rotatable bonds is 6. The van der Waals surface area contributed by atoms with Crippen LogP contribution in [0.3, 0.4) is 0 Å². The van der Waals surface area contributed by atoms with Crippen molar-refractivity contribution in [1.29, 1.82) is 0 Å². The number of ether oxygens (including phenoxy) is 1. The Bertz CT molecular complexity index is 1190. The lowest BCUT2D eigenvalue weighted by atomic mass is 10.2. The van der Waals surface area contributed by atoms with Crippen LogP contribution in [0.25, 0.3) is 10.9 Å². The first-order valence-corrected chi connectivity index (χ1v) is 9.07. The Labute approximate surface area is 172 Å². The first-order chi connectivity index (χ1) is 14.7. The fraction of sp³-hybridized carbons (Fsp3) is 0.0476. The SMILES string of the molecule is COc1ccc(C(=O)NNc2ncnc(Nc3cccc4cccnc34)c2N)cc1. The summed E-state index contributed by atoms with van der Waals surface area (Å²) in [6.07, 6.45) is 3.07. The molecule has 0 aliphatic rings. The van der Waals surface area contributed by atoms with Crippen LogP contribution in [0.4, 0.5) is 23.0 Å². The maximum atomic E-state index is 12.3. The molecule has 150 valence electrons. The summed E-state index contributed by atoms with van der Waals surface area (Å²) < 4.78 is 5.09. The number of nitrogens with one attached hydrogen (secondary N) is 3. The predicted octanol–water partition coefficient (Wildman–Crippen LogP) is 3.12. The largest absolute Gasteiger partial charge is 0.497 e. The minimum Gasteiger partial charge on any atom is -0.497 e. The standard InChI is InChI=1S/C21H19N7O2/c1-30-15-9-7-14(8-10-15)21(29)28-27-20-17(22)19(24-12-25-20)26-16-6-2-4-13-5-3-11-23-18(13)16/h2-12H,22H2,1H3,(H,28,29)(H2,24,25,26,27). The Morgan fingerprint density at radius 3 is 2.53 bits per heavy atom. The van der Waals surface area contributed by atoms with Crippen molar-refractivity contribution in [2.75, 3.05) is 23.6 Å². The minimum atomic E-state index is -0.344. The highest BCUT2D eigenvalue weighted by atomic mass is 16.5. The van der Waals surface area contributed by atoms with Crippen LogP contribution in [0.15, 0.2) is 67.1 Å². The number of amides is 1. The fourth-order valence-electron chi connectivity index (χ4n) is 2.86. The molecule has 0 bridgehead atoms. The zero-order valence-electron chi connectivity index (χ0n) is 16.1.